The number of benzene rings is 1. The normalized spacial score (nSPS) is 18.6. The van der Waals surface area contributed by atoms with Gasteiger partial charge >= 0.3 is 0 Å². The van der Waals surface area contributed by atoms with E-state index >= 15 is 0 Å². The van der Waals surface area contributed by atoms with E-state index in [1.54, 1.807) is 0 Å². The Morgan fingerprint density at radius 3 is 2.15 bits per heavy atom. The highest BCUT2D eigenvalue weighted by Crippen LogP contribution is 2.35. The van der Waals surface area contributed by atoms with E-state index in [0.29, 0.717) is 0 Å². The van der Waals surface area contributed by atoms with Gasteiger partial charge in [-0.25, -0.2) is 0 Å². The Kier molecular flexibility index (Phi) is 2.12. The molecule has 0 atom stereocenters. The fourth-order valence-electron chi connectivity index (χ4n) is 1.64. The zero-order valence-corrected chi connectivity index (χ0v) is 8.22. The van der Waals surface area contributed by atoms with Crippen LogP contribution in [-0.2, 0) is 12.8 Å². The van der Waals surface area contributed by atoms with Gasteiger partial charge in [-0.05, 0) is 36.8 Å². The van der Waals surface area contributed by atoms with Crippen molar-refractivity contribution in [3.8, 4) is 0 Å². The molecule has 70 valence electrons. The average molecular weight is 175 g/mol. The molecule has 0 aliphatic heterocycles. The van der Waals surface area contributed by atoms with Crippen LogP contribution in [0.4, 0.5) is 0 Å². The molecule has 1 aliphatic rings. The second kappa shape index (κ2) is 3.15. The van der Waals surface area contributed by atoms with E-state index in [9.17, 15) is 0 Å². The van der Waals surface area contributed by atoms with Gasteiger partial charge in [-0.1, -0.05) is 31.2 Å². The first-order valence-corrected chi connectivity index (χ1v) is 5.08. The Bertz CT molecular complexity index is 282. The van der Waals surface area contributed by atoms with Crippen LogP contribution in [0.1, 0.15) is 30.9 Å². The topological polar surface area (TPSA) is 26.0 Å². The number of aryl methyl sites for hydroxylation is 1. The van der Waals surface area contributed by atoms with E-state index in [0.717, 1.165) is 12.8 Å². The molecule has 1 fully saturated rings. The maximum Gasteiger partial charge on any atom is 0.0196 e. The molecule has 2 N–H and O–H groups in total. The van der Waals surface area contributed by atoms with Crippen LogP contribution < -0.4 is 5.73 Å². The second-order valence-electron chi connectivity index (χ2n) is 4.21. The summed E-state index contributed by atoms with van der Waals surface area (Å²) < 4.78 is 0. The summed E-state index contributed by atoms with van der Waals surface area (Å²) in [5.74, 6) is 0. The van der Waals surface area contributed by atoms with E-state index in [1.165, 1.54) is 24.0 Å². The van der Waals surface area contributed by atoms with Crippen LogP contribution in [0.3, 0.4) is 0 Å². The highest BCUT2D eigenvalue weighted by atomic mass is 14.8. The van der Waals surface area contributed by atoms with Crippen molar-refractivity contribution >= 4 is 0 Å². The largest absolute Gasteiger partial charge is 0.325 e. The van der Waals surface area contributed by atoms with Gasteiger partial charge in [0.25, 0.3) is 0 Å². The van der Waals surface area contributed by atoms with Crippen molar-refractivity contribution in [3.05, 3.63) is 35.4 Å². The number of rotatable bonds is 3. The van der Waals surface area contributed by atoms with Gasteiger partial charge in [-0.2, -0.15) is 0 Å². The van der Waals surface area contributed by atoms with Gasteiger partial charge in [0.2, 0.25) is 0 Å². The average Bonchev–Trinajstić information content (AvgIpc) is 2.85. The minimum atomic E-state index is 0.147. The maximum absolute atomic E-state index is 6.05. The summed E-state index contributed by atoms with van der Waals surface area (Å²) in [7, 11) is 0. The first kappa shape index (κ1) is 8.76. The van der Waals surface area contributed by atoms with Crippen molar-refractivity contribution in [2.75, 3.05) is 0 Å². The van der Waals surface area contributed by atoms with Crippen LogP contribution in [0.5, 0.6) is 0 Å². The van der Waals surface area contributed by atoms with Crippen molar-refractivity contribution in [1.29, 1.82) is 0 Å². The van der Waals surface area contributed by atoms with Gasteiger partial charge < -0.3 is 5.73 Å². The molecule has 0 spiro atoms. The van der Waals surface area contributed by atoms with Crippen LogP contribution >= 0.6 is 0 Å². The lowest BCUT2D eigenvalue weighted by Gasteiger charge is -2.08. The van der Waals surface area contributed by atoms with Crippen LogP contribution in [0.15, 0.2) is 24.3 Å². The Balaban J connectivity index is 2.05. The first-order chi connectivity index (χ1) is 6.22. The van der Waals surface area contributed by atoms with Gasteiger partial charge in [0.15, 0.2) is 0 Å². The molecule has 0 unspecified atom stereocenters. The van der Waals surface area contributed by atoms with Crippen molar-refractivity contribution in [2.45, 2.75) is 38.1 Å². The molecule has 2 rings (SSSR count). The molecular formula is C12H17N. The van der Waals surface area contributed by atoms with E-state index < -0.39 is 0 Å². The first-order valence-electron chi connectivity index (χ1n) is 5.08. The third kappa shape index (κ3) is 2.10. The second-order valence-corrected chi connectivity index (χ2v) is 4.21. The summed E-state index contributed by atoms with van der Waals surface area (Å²) in [6, 6.07) is 8.85. The van der Waals surface area contributed by atoms with E-state index in [4.69, 9.17) is 5.73 Å². The Labute approximate surface area is 80.0 Å². The molecule has 0 amide bonds. The molecule has 0 bridgehead atoms. The van der Waals surface area contributed by atoms with Crippen molar-refractivity contribution in [2.24, 2.45) is 5.73 Å². The summed E-state index contributed by atoms with van der Waals surface area (Å²) in [5, 5.41) is 0. The Morgan fingerprint density at radius 1 is 1.15 bits per heavy atom. The van der Waals surface area contributed by atoms with Crippen molar-refractivity contribution in [1.82, 2.24) is 0 Å². The fourth-order valence-corrected chi connectivity index (χ4v) is 1.64. The van der Waals surface area contributed by atoms with Gasteiger partial charge in [-0.15, -0.1) is 0 Å². The minimum absolute atomic E-state index is 0.147. The molecule has 1 heteroatoms. The molecule has 1 aliphatic carbocycles. The van der Waals surface area contributed by atoms with Crippen LogP contribution in [0, 0.1) is 0 Å². The fraction of sp³-hybridized carbons (Fsp3) is 0.500. The molecule has 1 saturated carbocycles. The number of hydrogen-bond acceptors (Lipinski definition) is 1. The molecule has 1 nitrogen and oxygen atoms in total. The summed E-state index contributed by atoms with van der Waals surface area (Å²) in [4.78, 5) is 0. The number of nitrogens with two attached hydrogens (primary N) is 1. The van der Waals surface area contributed by atoms with Crippen LogP contribution in [-0.4, -0.2) is 5.54 Å². The quantitative estimate of drug-likeness (QED) is 0.749. The minimum Gasteiger partial charge on any atom is -0.325 e. The van der Waals surface area contributed by atoms with E-state index in [2.05, 4.69) is 31.2 Å². The summed E-state index contributed by atoms with van der Waals surface area (Å²) in [5.41, 5.74) is 8.99. The van der Waals surface area contributed by atoms with Gasteiger partial charge in [0.05, 0.1) is 0 Å². The SMILES string of the molecule is CCc1ccc(CC2(N)CC2)cc1. The third-order valence-electron chi connectivity index (χ3n) is 2.88. The lowest BCUT2D eigenvalue weighted by molar-refractivity contribution is 0.672. The summed E-state index contributed by atoms with van der Waals surface area (Å²) in [6.07, 6.45) is 4.57. The Hall–Kier alpha value is -0.820. The molecule has 0 heterocycles. The molecule has 0 saturated heterocycles. The lowest BCUT2D eigenvalue weighted by atomic mass is 10.0. The highest BCUT2D eigenvalue weighted by Gasteiger charge is 2.37. The predicted molar refractivity (Wildman–Crippen MR) is 55.7 cm³/mol. The van der Waals surface area contributed by atoms with Gasteiger partial charge in [0.1, 0.15) is 0 Å². The standard InChI is InChI=1S/C12H17N/c1-2-10-3-5-11(6-4-10)9-12(13)7-8-12/h3-6H,2,7-9,13H2,1H3. The van der Waals surface area contributed by atoms with Crippen LogP contribution in [0.2, 0.25) is 0 Å². The van der Waals surface area contributed by atoms with Gasteiger partial charge in [-0.3, -0.25) is 0 Å². The maximum atomic E-state index is 6.05. The molecular weight excluding hydrogens is 158 g/mol. The molecule has 0 aromatic heterocycles. The zero-order chi connectivity index (χ0) is 9.31. The smallest absolute Gasteiger partial charge is 0.0196 e. The van der Waals surface area contributed by atoms with Crippen molar-refractivity contribution < 1.29 is 0 Å². The van der Waals surface area contributed by atoms with Crippen molar-refractivity contribution in [3.63, 3.8) is 0 Å². The van der Waals surface area contributed by atoms with Crippen LogP contribution in [0.25, 0.3) is 0 Å². The van der Waals surface area contributed by atoms with Gasteiger partial charge in [0, 0.05) is 5.54 Å². The third-order valence-corrected chi connectivity index (χ3v) is 2.88. The monoisotopic (exact) mass is 175 g/mol. The van der Waals surface area contributed by atoms with E-state index in [-0.39, 0.29) is 5.54 Å². The highest BCUT2D eigenvalue weighted by molar-refractivity contribution is 5.25. The molecule has 1 aromatic rings. The summed E-state index contributed by atoms with van der Waals surface area (Å²) >= 11 is 0. The number of hydrogen-bond donors (Lipinski definition) is 1. The lowest BCUT2D eigenvalue weighted by Crippen LogP contribution is -2.24. The summed E-state index contributed by atoms with van der Waals surface area (Å²) in [6.45, 7) is 2.18. The molecule has 1 aromatic carbocycles. The predicted octanol–water partition coefficient (Wildman–Crippen LogP) is 2.28. The van der Waals surface area contributed by atoms with E-state index in [1.807, 2.05) is 0 Å². The zero-order valence-electron chi connectivity index (χ0n) is 8.22. The molecule has 0 radical (unpaired) electrons. The Morgan fingerprint density at radius 2 is 1.69 bits per heavy atom. The molecule has 13 heavy (non-hydrogen) atoms.